The molecule has 24 heavy (non-hydrogen) atoms. The van der Waals surface area contributed by atoms with E-state index in [0.717, 1.165) is 24.9 Å². The summed E-state index contributed by atoms with van der Waals surface area (Å²) in [4.78, 5) is 14.7. The lowest BCUT2D eigenvalue weighted by Gasteiger charge is -2.26. The molecule has 1 aliphatic heterocycles. The number of aryl methyl sites for hydroxylation is 3. The molecule has 1 aliphatic rings. The van der Waals surface area contributed by atoms with Crippen LogP contribution in [0.3, 0.4) is 0 Å². The molecule has 3 rings (SSSR count). The van der Waals surface area contributed by atoms with E-state index in [0.29, 0.717) is 12.8 Å². The van der Waals surface area contributed by atoms with Crippen molar-refractivity contribution in [3.05, 3.63) is 70.5 Å². The molecule has 0 aliphatic carbocycles. The number of hydrogen-bond acceptors (Lipinski definition) is 1. The van der Waals surface area contributed by atoms with Gasteiger partial charge in [-0.05, 0) is 56.4 Å². The maximum absolute atomic E-state index is 13.0. The highest BCUT2D eigenvalue weighted by Crippen LogP contribution is 2.33. The van der Waals surface area contributed by atoms with Gasteiger partial charge in [-0.2, -0.15) is 0 Å². The van der Waals surface area contributed by atoms with Crippen molar-refractivity contribution >= 4 is 5.91 Å². The Kier molecular flexibility index (Phi) is 4.98. The van der Waals surface area contributed by atoms with Gasteiger partial charge in [0.2, 0.25) is 5.91 Å². The van der Waals surface area contributed by atoms with Crippen molar-refractivity contribution in [2.24, 2.45) is 0 Å². The van der Waals surface area contributed by atoms with Crippen LogP contribution in [0, 0.1) is 19.7 Å². The minimum Gasteiger partial charge on any atom is -0.336 e. The zero-order valence-electron chi connectivity index (χ0n) is 14.4. The van der Waals surface area contributed by atoms with Gasteiger partial charge in [-0.3, -0.25) is 4.79 Å². The molecule has 0 saturated carbocycles. The highest BCUT2D eigenvalue weighted by Gasteiger charge is 2.29. The summed E-state index contributed by atoms with van der Waals surface area (Å²) in [5.74, 6) is -0.0412. The quantitative estimate of drug-likeness (QED) is 0.795. The standard InChI is InChI=1S/C21H24FNO/c1-15-12-16(2)14-18(13-15)20-4-3-11-23(20)21(24)10-7-17-5-8-19(22)9-6-17/h5-6,8-9,12-14,20H,3-4,7,10-11H2,1-2H3. The second-order valence-electron chi connectivity index (χ2n) is 6.79. The number of carbonyl (C=O) groups is 1. The zero-order chi connectivity index (χ0) is 17.1. The molecular weight excluding hydrogens is 301 g/mol. The summed E-state index contributed by atoms with van der Waals surface area (Å²) in [6.07, 6.45) is 3.23. The van der Waals surface area contributed by atoms with E-state index >= 15 is 0 Å². The molecule has 2 aromatic rings. The topological polar surface area (TPSA) is 20.3 Å². The SMILES string of the molecule is Cc1cc(C)cc(C2CCCN2C(=O)CCc2ccc(F)cc2)c1. The Morgan fingerprint density at radius 3 is 2.46 bits per heavy atom. The average molecular weight is 325 g/mol. The van der Waals surface area contributed by atoms with Crippen LogP contribution in [0.4, 0.5) is 4.39 Å². The molecule has 1 amide bonds. The van der Waals surface area contributed by atoms with Crippen LogP contribution >= 0.6 is 0 Å². The number of carbonyl (C=O) groups excluding carboxylic acids is 1. The molecule has 0 N–H and O–H groups in total. The number of nitrogens with zero attached hydrogens (tertiary/aromatic N) is 1. The van der Waals surface area contributed by atoms with Gasteiger partial charge in [0, 0.05) is 13.0 Å². The van der Waals surface area contributed by atoms with Crippen LogP contribution in [0.2, 0.25) is 0 Å². The third-order valence-electron chi connectivity index (χ3n) is 4.74. The average Bonchev–Trinajstić information content (AvgIpc) is 3.03. The fourth-order valence-electron chi connectivity index (χ4n) is 3.66. The lowest BCUT2D eigenvalue weighted by atomic mass is 9.99. The van der Waals surface area contributed by atoms with Crippen LogP contribution in [-0.2, 0) is 11.2 Å². The Morgan fingerprint density at radius 1 is 1.12 bits per heavy atom. The maximum atomic E-state index is 13.0. The number of rotatable bonds is 4. The lowest BCUT2D eigenvalue weighted by molar-refractivity contribution is -0.132. The van der Waals surface area contributed by atoms with E-state index in [1.165, 1.54) is 28.8 Å². The second kappa shape index (κ2) is 7.16. The molecule has 0 spiro atoms. The molecule has 1 unspecified atom stereocenters. The third kappa shape index (κ3) is 3.84. The van der Waals surface area contributed by atoms with E-state index in [2.05, 4.69) is 32.0 Å². The van der Waals surface area contributed by atoms with Crippen LogP contribution in [0.15, 0.2) is 42.5 Å². The van der Waals surface area contributed by atoms with Gasteiger partial charge in [0.1, 0.15) is 5.82 Å². The number of amides is 1. The first-order valence-corrected chi connectivity index (χ1v) is 8.65. The first-order chi connectivity index (χ1) is 11.5. The maximum Gasteiger partial charge on any atom is 0.223 e. The predicted molar refractivity (Wildman–Crippen MR) is 94.3 cm³/mol. The molecule has 2 aromatic carbocycles. The highest BCUT2D eigenvalue weighted by molar-refractivity contribution is 5.77. The van der Waals surface area contributed by atoms with Crippen LogP contribution in [0.1, 0.15) is 47.6 Å². The Bertz CT molecular complexity index is 703. The Labute approximate surface area is 143 Å². The van der Waals surface area contributed by atoms with Crippen molar-refractivity contribution in [1.82, 2.24) is 4.90 Å². The first kappa shape index (κ1) is 16.7. The monoisotopic (exact) mass is 325 g/mol. The van der Waals surface area contributed by atoms with Crippen LogP contribution in [-0.4, -0.2) is 17.4 Å². The summed E-state index contributed by atoms with van der Waals surface area (Å²) < 4.78 is 13.0. The Morgan fingerprint density at radius 2 is 1.79 bits per heavy atom. The molecule has 1 atom stereocenters. The largest absolute Gasteiger partial charge is 0.336 e. The molecule has 1 saturated heterocycles. The molecule has 1 fully saturated rings. The lowest BCUT2D eigenvalue weighted by Crippen LogP contribution is -2.30. The van der Waals surface area contributed by atoms with E-state index in [4.69, 9.17) is 0 Å². The van der Waals surface area contributed by atoms with Gasteiger partial charge >= 0.3 is 0 Å². The van der Waals surface area contributed by atoms with Gasteiger partial charge in [0.25, 0.3) is 0 Å². The normalized spacial score (nSPS) is 17.3. The number of halogens is 1. The summed E-state index contributed by atoms with van der Waals surface area (Å²) >= 11 is 0. The van der Waals surface area contributed by atoms with E-state index in [1.807, 2.05) is 4.90 Å². The summed E-state index contributed by atoms with van der Waals surface area (Å²) in [6, 6.07) is 13.2. The van der Waals surface area contributed by atoms with Crippen LogP contribution in [0.25, 0.3) is 0 Å². The van der Waals surface area contributed by atoms with Crippen molar-refractivity contribution in [3.8, 4) is 0 Å². The van der Waals surface area contributed by atoms with Gasteiger partial charge in [-0.1, -0.05) is 41.5 Å². The van der Waals surface area contributed by atoms with Gasteiger partial charge in [0.15, 0.2) is 0 Å². The van der Waals surface area contributed by atoms with Gasteiger partial charge in [-0.25, -0.2) is 4.39 Å². The van der Waals surface area contributed by atoms with Gasteiger partial charge < -0.3 is 4.90 Å². The third-order valence-corrected chi connectivity index (χ3v) is 4.74. The summed E-state index contributed by atoms with van der Waals surface area (Å²) in [5, 5.41) is 0. The molecule has 0 bridgehead atoms. The van der Waals surface area contributed by atoms with E-state index in [9.17, 15) is 9.18 Å². The summed E-state index contributed by atoms with van der Waals surface area (Å²) in [6.45, 7) is 5.04. The fraction of sp³-hybridized carbons (Fsp3) is 0.381. The highest BCUT2D eigenvalue weighted by atomic mass is 19.1. The fourth-order valence-corrected chi connectivity index (χ4v) is 3.66. The molecule has 3 heteroatoms. The van der Waals surface area contributed by atoms with E-state index in [-0.39, 0.29) is 17.8 Å². The molecule has 2 nitrogen and oxygen atoms in total. The number of likely N-dealkylation sites (tertiary alicyclic amines) is 1. The van der Waals surface area contributed by atoms with E-state index < -0.39 is 0 Å². The van der Waals surface area contributed by atoms with Crippen molar-refractivity contribution in [3.63, 3.8) is 0 Å². The Balaban J connectivity index is 1.68. The zero-order valence-corrected chi connectivity index (χ0v) is 14.4. The van der Waals surface area contributed by atoms with Gasteiger partial charge in [0.05, 0.1) is 6.04 Å². The molecule has 1 heterocycles. The minimum atomic E-state index is -0.237. The van der Waals surface area contributed by atoms with Crippen molar-refractivity contribution in [2.75, 3.05) is 6.54 Å². The smallest absolute Gasteiger partial charge is 0.223 e. The number of benzene rings is 2. The van der Waals surface area contributed by atoms with Crippen LogP contribution in [0.5, 0.6) is 0 Å². The first-order valence-electron chi connectivity index (χ1n) is 8.65. The minimum absolute atomic E-state index is 0.195. The predicted octanol–water partition coefficient (Wildman–Crippen LogP) is 4.74. The Hall–Kier alpha value is -2.16. The van der Waals surface area contributed by atoms with Crippen LogP contribution < -0.4 is 0 Å². The summed E-state index contributed by atoms with van der Waals surface area (Å²) in [5.41, 5.74) is 4.75. The molecule has 0 radical (unpaired) electrons. The van der Waals surface area contributed by atoms with E-state index in [1.54, 1.807) is 12.1 Å². The molecular formula is C21H24FNO. The number of hydrogen-bond donors (Lipinski definition) is 0. The second-order valence-corrected chi connectivity index (χ2v) is 6.79. The van der Waals surface area contributed by atoms with Gasteiger partial charge in [-0.15, -0.1) is 0 Å². The molecule has 0 aromatic heterocycles. The molecule has 126 valence electrons. The van der Waals surface area contributed by atoms with Crippen molar-refractivity contribution in [1.29, 1.82) is 0 Å². The van der Waals surface area contributed by atoms with Crippen molar-refractivity contribution < 1.29 is 9.18 Å². The summed E-state index contributed by atoms with van der Waals surface area (Å²) in [7, 11) is 0. The van der Waals surface area contributed by atoms with Crippen molar-refractivity contribution in [2.45, 2.75) is 45.6 Å².